The Bertz CT molecular complexity index is 1290. The van der Waals surface area contributed by atoms with Crippen LogP contribution >= 0.6 is 7.82 Å². The zero-order valence-electron chi connectivity index (χ0n) is 41.2. The topological polar surface area (TPSA) is 210 Å². The molecule has 386 valence electrons. The molecule has 0 aromatic heterocycles. The number of aliphatic hydroxyl groups excluding tert-OH is 5. The van der Waals surface area contributed by atoms with Crippen LogP contribution in [-0.4, -0.2) is 98.3 Å². The van der Waals surface area contributed by atoms with Crippen molar-refractivity contribution < 1.29 is 63.1 Å². The molecule has 0 radical (unpaired) electrons. The number of aliphatic hydroxyl groups is 5. The van der Waals surface area contributed by atoms with Crippen LogP contribution < -0.4 is 0 Å². The van der Waals surface area contributed by atoms with Gasteiger partial charge >= 0.3 is 19.8 Å². The van der Waals surface area contributed by atoms with E-state index in [4.69, 9.17) is 18.5 Å². The quantitative estimate of drug-likeness (QED) is 0.0145. The van der Waals surface area contributed by atoms with Crippen molar-refractivity contribution in [3.05, 3.63) is 36.5 Å². The molecule has 0 aromatic rings. The van der Waals surface area contributed by atoms with Crippen molar-refractivity contribution in [2.24, 2.45) is 0 Å². The maximum absolute atomic E-state index is 12.8. The molecule has 0 bridgehead atoms. The first kappa shape index (κ1) is 62.1. The van der Waals surface area contributed by atoms with Gasteiger partial charge in [-0.2, -0.15) is 0 Å². The van der Waals surface area contributed by atoms with Crippen molar-refractivity contribution in [3.63, 3.8) is 0 Å². The number of phosphoric ester groups is 1. The summed E-state index contributed by atoms with van der Waals surface area (Å²) in [5.41, 5.74) is 0. The maximum Gasteiger partial charge on any atom is 0.472 e. The second-order valence-electron chi connectivity index (χ2n) is 18.4. The fourth-order valence-electron chi connectivity index (χ4n) is 7.95. The Labute approximate surface area is 399 Å². The highest BCUT2D eigenvalue weighted by Crippen LogP contribution is 2.47. The number of carbonyl (C=O) groups is 2. The molecule has 0 saturated heterocycles. The monoisotopic (exact) mass is 959 g/mol. The largest absolute Gasteiger partial charge is 0.472 e. The molecule has 0 aromatic carbocycles. The molecule has 14 heteroatoms. The van der Waals surface area contributed by atoms with E-state index in [1.165, 1.54) is 122 Å². The van der Waals surface area contributed by atoms with E-state index >= 15 is 0 Å². The van der Waals surface area contributed by atoms with E-state index in [2.05, 4.69) is 44.2 Å². The Morgan fingerprint density at radius 2 is 0.803 bits per heavy atom. The van der Waals surface area contributed by atoms with E-state index < -0.39 is 75.7 Å². The molecule has 1 aliphatic rings. The highest BCUT2D eigenvalue weighted by atomic mass is 31.2. The van der Waals surface area contributed by atoms with Gasteiger partial charge in [-0.1, -0.05) is 179 Å². The van der Waals surface area contributed by atoms with E-state index in [9.17, 15) is 44.6 Å². The van der Waals surface area contributed by atoms with Crippen molar-refractivity contribution in [1.29, 1.82) is 0 Å². The summed E-state index contributed by atoms with van der Waals surface area (Å²) in [5.74, 6) is -1.15. The molecule has 1 saturated carbocycles. The van der Waals surface area contributed by atoms with Crippen LogP contribution in [0.2, 0.25) is 0 Å². The SMILES string of the molecule is CCCCCCC/C=C/CCCCCCCC(=O)O[C@@H](COC(=O)CCC/C=C/CC/C=C/CCCCCCCCCCCCCCCC)COP(=O)(O)OC1C(O)C(O)C(O)[C@H](O)C1O. The van der Waals surface area contributed by atoms with Gasteiger partial charge in [0.2, 0.25) is 0 Å². The van der Waals surface area contributed by atoms with Crippen LogP contribution in [0, 0.1) is 0 Å². The molecule has 13 nitrogen and oxygen atoms in total. The molecule has 1 aliphatic carbocycles. The minimum Gasteiger partial charge on any atom is -0.462 e. The van der Waals surface area contributed by atoms with E-state index in [-0.39, 0.29) is 12.8 Å². The fourth-order valence-corrected chi connectivity index (χ4v) is 8.92. The summed E-state index contributed by atoms with van der Waals surface area (Å²) in [7, 11) is -5.13. The van der Waals surface area contributed by atoms with Crippen molar-refractivity contribution >= 4 is 19.8 Å². The second-order valence-corrected chi connectivity index (χ2v) is 19.8. The van der Waals surface area contributed by atoms with E-state index in [0.717, 1.165) is 57.8 Å². The molecule has 1 rings (SSSR count). The number of hydrogen-bond acceptors (Lipinski definition) is 12. The van der Waals surface area contributed by atoms with Gasteiger partial charge in [0, 0.05) is 12.8 Å². The number of unbranched alkanes of at least 4 members (excludes halogenated alkanes) is 26. The Kier molecular flexibility index (Phi) is 39.5. The van der Waals surface area contributed by atoms with Crippen LogP contribution in [0.3, 0.4) is 0 Å². The summed E-state index contributed by atoms with van der Waals surface area (Å²) >= 11 is 0. The minimum absolute atomic E-state index is 0.0792. The Morgan fingerprint density at radius 3 is 1.24 bits per heavy atom. The fraction of sp³-hybridized carbons (Fsp3) is 0.846. The van der Waals surface area contributed by atoms with Gasteiger partial charge in [-0.3, -0.25) is 18.6 Å². The van der Waals surface area contributed by atoms with Gasteiger partial charge in [0.1, 0.15) is 43.2 Å². The van der Waals surface area contributed by atoms with Crippen LogP contribution in [0.4, 0.5) is 0 Å². The number of phosphoric acid groups is 1. The first-order valence-electron chi connectivity index (χ1n) is 26.3. The number of allylic oxidation sites excluding steroid dienone is 6. The lowest BCUT2D eigenvalue weighted by Gasteiger charge is -2.41. The van der Waals surface area contributed by atoms with Gasteiger partial charge in [-0.05, 0) is 70.6 Å². The van der Waals surface area contributed by atoms with Crippen molar-refractivity contribution in [3.8, 4) is 0 Å². The Morgan fingerprint density at radius 1 is 0.455 bits per heavy atom. The molecule has 0 spiro atoms. The lowest BCUT2D eigenvalue weighted by molar-refractivity contribution is -0.220. The highest BCUT2D eigenvalue weighted by molar-refractivity contribution is 7.47. The van der Waals surface area contributed by atoms with Crippen LogP contribution in [0.15, 0.2) is 36.5 Å². The standard InChI is InChI=1S/C52H95O13P/c1-3-5-7-9-11-13-15-17-19-20-21-22-23-24-25-26-27-29-30-32-34-36-38-40-45(53)62-42-44(43-63-66(60,61)65-52-50(58)48(56)47(55)49(57)51(52)59)64-46(54)41-39-37-35-33-31-28-18-16-14-12-10-8-6-4-2/h16,18,26-27,32,34,44,47-52,55-59H,3-15,17,19-25,28-31,33,35-43H2,1-2H3,(H,60,61)/b18-16+,27-26+,34-32+/t44-,47?,48-,49?,50?,51?,52?/m0/s1. The van der Waals surface area contributed by atoms with Crippen LogP contribution in [0.5, 0.6) is 0 Å². The predicted octanol–water partition coefficient (Wildman–Crippen LogP) is 11.3. The third-order valence-electron chi connectivity index (χ3n) is 12.2. The number of carbonyl (C=O) groups excluding carboxylic acids is 2. The maximum atomic E-state index is 12.8. The smallest absolute Gasteiger partial charge is 0.462 e. The normalized spacial score (nSPS) is 21.5. The molecular weight excluding hydrogens is 864 g/mol. The summed E-state index contributed by atoms with van der Waals surface area (Å²) < 4.78 is 33.6. The predicted molar refractivity (Wildman–Crippen MR) is 263 cm³/mol. The van der Waals surface area contributed by atoms with Crippen molar-refractivity contribution in [2.45, 2.75) is 268 Å². The summed E-state index contributed by atoms with van der Waals surface area (Å²) in [6, 6.07) is 0. The zero-order valence-corrected chi connectivity index (χ0v) is 42.1. The first-order chi connectivity index (χ1) is 31.9. The number of esters is 2. The second kappa shape index (κ2) is 42.0. The van der Waals surface area contributed by atoms with Gasteiger partial charge in [0.05, 0.1) is 6.61 Å². The van der Waals surface area contributed by atoms with Crippen LogP contribution in [-0.2, 0) is 32.7 Å². The van der Waals surface area contributed by atoms with Gasteiger partial charge in [-0.15, -0.1) is 0 Å². The molecule has 0 aliphatic heterocycles. The van der Waals surface area contributed by atoms with Gasteiger partial charge in [-0.25, -0.2) is 4.57 Å². The molecule has 8 atom stereocenters. The molecule has 0 amide bonds. The summed E-state index contributed by atoms with van der Waals surface area (Å²) in [5, 5.41) is 50.2. The third-order valence-corrected chi connectivity index (χ3v) is 13.2. The average Bonchev–Trinajstić information content (AvgIpc) is 3.30. The third kappa shape index (κ3) is 33.5. The van der Waals surface area contributed by atoms with Crippen LogP contribution in [0.1, 0.15) is 226 Å². The highest BCUT2D eigenvalue weighted by Gasteiger charge is 2.51. The molecular formula is C52H95O13P. The summed E-state index contributed by atoms with van der Waals surface area (Å²) in [4.78, 5) is 35.8. The molecule has 1 fully saturated rings. The van der Waals surface area contributed by atoms with Gasteiger partial charge < -0.3 is 39.9 Å². The van der Waals surface area contributed by atoms with Crippen molar-refractivity contribution in [1.82, 2.24) is 0 Å². The van der Waals surface area contributed by atoms with E-state index in [1.54, 1.807) is 0 Å². The van der Waals surface area contributed by atoms with Crippen LogP contribution in [0.25, 0.3) is 0 Å². The average molecular weight is 959 g/mol. The Balaban J connectivity index is 2.39. The zero-order chi connectivity index (χ0) is 48.5. The Hall–Kier alpha value is -1.93. The summed E-state index contributed by atoms with van der Waals surface area (Å²) in [6.45, 7) is 3.28. The first-order valence-corrected chi connectivity index (χ1v) is 27.8. The lowest BCUT2D eigenvalue weighted by Crippen LogP contribution is -2.64. The lowest BCUT2D eigenvalue weighted by atomic mass is 9.85. The molecule has 66 heavy (non-hydrogen) atoms. The number of ether oxygens (including phenoxy) is 2. The molecule has 6 unspecified atom stereocenters. The summed E-state index contributed by atoms with van der Waals surface area (Å²) in [6.07, 6.45) is 36.4. The molecule has 0 heterocycles. The minimum atomic E-state index is -5.13. The van der Waals surface area contributed by atoms with E-state index in [1.807, 2.05) is 6.08 Å². The number of rotatable bonds is 44. The van der Waals surface area contributed by atoms with Gasteiger partial charge in [0.15, 0.2) is 6.10 Å². The number of hydrogen-bond donors (Lipinski definition) is 6. The van der Waals surface area contributed by atoms with Gasteiger partial charge in [0.25, 0.3) is 0 Å². The van der Waals surface area contributed by atoms with E-state index in [0.29, 0.717) is 19.3 Å². The molecule has 6 N–H and O–H groups in total. The van der Waals surface area contributed by atoms with Crippen molar-refractivity contribution in [2.75, 3.05) is 13.2 Å².